The number of thioether (sulfide) groups is 1. The summed E-state index contributed by atoms with van der Waals surface area (Å²) in [4.78, 5) is 12.4. The van der Waals surface area contributed by atoms with Gasteiger partial charge in [-0.2, -0.15) is 0 Å². The number of rotatable bonds is 6. The molecule has 0 aliphatic heterocycles. The quantitative estimate of drug-likeness (QED) is 0.624. The van der Waals surface area contributed by atoms with E-state index in [0.29, 0.717) is 21.7 Å². The van der Waals surface area contributed by atoms with E-state index in [1.807, 2.05) is 25.3 Å². The largest absolute Gasteiger partial charge is 0.300 e. The maximum atomic E-state index is 14.2. The normalized spacial score (nSPS) is 12.4. The zero-order valence-corrected chi connectivity index (χ0v) is 16.9. The fourth-order valence-corrected chi connectivity index (χ4v) is 3.99. The first-order chi connectivity index (χ1) is 12.9. The maximum absolute atomic E-state index is 14.2. The van der Waals surface area contributed by atoms with Gasteiger partial charge >= 0.3 is 0 Å². The zero-order valence-electron chi connectivity index (χ0n) is 15.3. The van der Waals surface area contributed by atoms with E-state index in [-0.39, 0.29) is 17.8 Å². The van der Waals surface area contributed by atoms with Crippen molar-refractivity contribution in [3.8, 4) is 11.4 Å². The summed E-state index contributed by atoms with van der Waals surface area (Å²) in [5, 5.41) is 20.2. The number of nitrogens with zero attached hydrogens (tertiary/aromatic N) is 5. The van der Waals surface area contributed by atoms with Crippen LogP contribution in [-0.4, -0.2) is 36.1 Å². The highest BCUT2D eigenvalue weighted by atomic mass is 32.2. The van der Waals surface area contributed by atoms with E-state index in [0.717, 1.165) is 5.01 Å². The molecule has 1 N–H and O–H groups in total. The molecular weight excluding hydrogens is 387 g/mol. The van der Waals surface area contributed by atoms with Crippen molar-refractivity contribution in [2.75, 3.05) is 5.32 Å². The Labute approximate surface area is 164 Å². The molecule has 0 aliphatic carbocycles. The third kappa shape index (κ3) is 4.33. The Morgan fingerprint density at radius 1 is 1.19 bits per heavy atom. The van der Waals surface area contributed by atoms with E-state index in [9.17, 15) is 9.18 Å². The molecule has 1 amide bonds. The van der Waals surface area contributed by atoms with Gasteiger partial charge in [0, 0.05) is 6.04 Å². The third-order valence-electron chi connectivity index (χ3n) is 3.70. The monoisotopic (exact) mass is 406 g/mol. The van der Waals surface area contributed by atoms with Gasteiger partial charge in [0.15, 0.2) is 11.0 Å². The number of anilines is 1. The molecule has 0 spiro atoms. The van der Waals surface area contributed by atoms with Gasteiger partial charge in [0.2, 0.25) is 11.0 Å². The number of amides is 1. The lowest BCUT2D eigenvalue weighted by molar-refractivity contribution is -0.115. The van der Waals surface area contributed by atoms with E-state index >= 15 is 0 Å². The number of halogens is 1. The average Bonchev–Trinajstić information content (AvgIpc) is 3.21. The van der Waals surface area contributed by atoms with Gasteiger partial charge in [-0.25, -0.2) is 4.39 Å². The number of benzene rings is 1. The van der Waals surface area contributed by atoms with E-state index in [1.54, 1.807) is 25.1 Å². The first-order valence-electron chi connectivity index (χ1n) is 8.34. The number of hydrogen-bond acceptors (Lipinski definition) is 7. The van der Waals surface area contributed by atoms with Gasteiger partial charge in [-0.1, -0.05) is 35.2 Å². The van der Waals surface area contributed by atoms with Crippen LogP contribution in [0.5, 0.6) is 0 Å². The van der Waals surface area contributed by atoms with Crippen molar-refractivity contribution in [2.24, 2.45) is 0 Å². The Morgan fingerprint density at radius 2 is 1.93 bits per heavy atom. The number of hydrogen-bond donors (Lipinski definition) is 1. The highest BCUT2D eigenvalue weighted by molar-refractivity contribution is 8.00. The van der Waals surface area contributed by atoms with Crippen LogP contribution < -0.4 is 5.32 Å². The molecule has 2 heterocycles. The van der Waals surface area contributed by atoms with Gasteiger partial charge < -0.3 is 0 Å². The summed E-state index contributed by atoms with van der Waals surface area (Å²) in [7, 11) is 0. The van der Waals surface area contributed by atoms with Crippen LogP contribution in [0, 0.1) is 12.7 Å². The summed E-state index contributed by atoms with van der Waals surface area (Å²) in [6.07, 6.45) is 0. The second-order valence-electron chi connectivity index (χ2n) is 6.13. The molecule has 7 nitrogen and oxygen atoms in total. The van der Waals surface area contributed by atoms with Crippen LogP contribution in [0.3, 0.4) is 0 Å². The first-order valence-corrected chi connectivity index (χ1v) is 10.0. The second kappa shape index (κ2) is 8.13. The Balaban J connectivity index is 1.82. The van der Waals surface area contributed by atoms with Gasteiger partial charge in [-0.15, -0.1) is 20.4 Å². The van der Waals surface area contributed by atoms with Crippen LogP contribution in [0.25, 0.3) is 11.4 Å². The van der Waals surface area contributed by atoms with Crippen LogP contribution in [0.2, 0.25) is 0 Å². The van der Waals surface area contributed by atoms with Crippen LogP contribution >= 0.6 is 23.1 Å². The van der Waals surface area contributed by atoms with Gasteiger partial charge in [0.05, 0.1) is 10.8 Å². The molecule has 3 rings (SSSR count). The summed E-state index contributed by atoms with van der Waals surface area (Å²) >= 11 is 2.58. The van der Waals surface area contributed by atoms with Crippen molar-refractivity contribution in [3.05, 3.63) is 35.1 Å². The molecule has 0 radical (unpaired) electrons. The predicted molar refractivity (Wildman–Crippen MR) is 104 cm³/mol. The molecule has 142 valence electrons. The molecule has 1 aromatic carbocycles. The maximum Gasteiger partial charge on any atom is 0.239 e. The van der Waals surface area contributed by atoms with Gasteiger partial charge in [-0.05, 0) is 39.8 Å². The predicted octanol–water partition coefficient (Wildman–Crippen LogP) is 3.94. The van der Waals surface area contributed by atoms with E-state index in [2.05, 4.69) is 25.7 Å². The summed E-state index contributed by atoms with van der Waals surface area (Å²) in [6, 6.07) is 6.44. The molecule has 0 bridgehead atoms. The summed E-state index contributed by atoms with van der Waals surface area (Å²) in [5.74, 6) is -0.124. The van der Waals surface area contributed by atoms with Crippen molar-refractivity contribution < 1.29 is 9.18 Å². The number of nitrogens with one attached hydrogen (secondary N) is 1. The Kier molecular flexibility index (Phi) is 5.85. The van der Waals surface area contributed by atoms with Crippen LogP contribution in [-0.2, 0) is 4.79 Å². The molecule has 0 fully saturated rings. The average molecular weight is 407 g/mol. The van der Waals surface area contributed by atoms with E-state index in [4.69, 9.17) is 0 Å². The Hall–Kier alpha value is -2.33. The van der Waals surface area contributed by atoms with Crippen molar-refractivity contribution in [1.82, 2.24) is 25.0 Å². The lowest BCUT2D eigenvalue weighted by atomic mass is 10.2. The zero-order chi connectivity index (χ0) is 19.6. The molecule has 0 aliphatic rings. The minimum absolute atomic E-state index is 0.00169. The fraction of sp³-hybridized carbons (Fsp3) is 0.353. The van der Waals surface area contributed by atoms with Crippen LogP contribution in [0.1, 0.15) is 31.8 Å². The minimum Gasteiger partial charge on any atom is -0.300 e. The van der Waals surface area contributed by atoms with Crippen LogP contribution in [0.4, 0.5) is 9.52 Å². The molecule has 2 aromatic heterocycles. The number of aryl methyl sites for hydroxylation is 1. The Morgan fingerprint density at radius 3 is 2.56 bits per heavy atom. The molecule has 1 atom stereocenters. The van der Waals surface area contributed by atoms with Crippen molar-refractivity contribution in [2.45, 2.75) is 44.1 Å². The van der Waals surface area contributed by atoms with Crippen molar-refractivity contribution in [1.29, 1.82) is 0 Å². The Bertz CT molecular complexity index is 955. The fourth-order valence-electron chi connectivity index (χ4n) is 2.41. The molecule has 0 saturated carbocycles. The molecular formula is C17H19FN6OS2. The summed E-state index contributed by atoms with van der Waals surface area (Å²) < 4.78 is 16.0. The highest BCUT2D eigenvalue weighted by Gasteiger charge is 2.23. The third-order valence-corrected chi connectivity index (χ3v) is 5.51. The van der Waals surface area contributed by atoms with E-state index < -0.39 is 5.25 Å². The van der Waals surface area contributed by atoms with Crippen LogP contribution in [0.15, 0.2) is 29.4 Å². The summed E-state index contributed by atoms with van der Waals surface area (Å²) in [5.41, 5.74) is 0.381. The molecule has 10 heteroatoms. The smallest absolute Gasteiger partial charge is 0.239 e. The van der Waals surface area contributed by atoms with E-state index in [1.165, 1.54) is 29.2 Å². The number of carbonyl (C=O) groups excluding carboxylic acids is 1. The number of carbonyl (C=O) groups is 1. The molecule has 3 aromatic rings. The standard InChI is InChI=1S/C17H19FN6OS2/c1-9(2)24-14(12-7-5-6-8-13(12)18)21-23-17(24)26-10(3)15(25)19-16-22-20-11(4)27-16/h5-10H,1-4H3,(H,19,22,25). The molecule has 0 saturated heterocycles. The topological polar surface area (TPSA) is 85.6 Å². The lowest BCUT2D eigenvalue weighted by Gasteiger charge is -2.16. The summed E-state index contributed by atoms with van der Waals surface area (Å²) in [6.45, 7) is 7.52. The molecule has 27 heavy (non-hydrogen) atoms. The highest BCUT2D eigenvalue weighted by Crippen LogP contribution is 2.31. The van der Waals surface area contributed by atoms with Crippen molar-refractivity contribution in [3.63, 3.8) is 0 Å². The van der Waals surface area contributed by atoms with Gasteiger partial charge in [0.1, 0.15) is 10.8 Å². The minimum atomic E-state index is -0.440. The SMILES string of the molecule is Cc1nnc(NC(=O)C(C)Sc2nnc(-c3ccccc3F)n2C(C)C)s1. The lowest BCUT2D eigenvalue weighted by Crippen LogP contribution is -2.23. The first kappa shape index (κ1) is 19.4. The second-order valence-corrected chi connectivity index (χ2v) is 8.61. The van der Waals surface area contributed by atoms with Gasteiger partial charge in [-0.3, -0.25) is 14.7 Å². The van der Waals surface area contributed by atoms with Crippen molar-refractivity contribution >= 4 is 34.1 Å². The van der Waals surface area contributed by atoms with Gasteiger partial charge in [0.25, 0.3) is 0 Å². The molecule has 1 unspecified atom stereocenters. The number of aromatic nitrogens is 5.